The summed E-state index contributed by atoms with van der Waals surface area (Å²) in [7, 11) is 0. The summed E-state index contributed by atoms with van der Waals surface area (Å²) in [4.78, 5) is 17.1. The van der Waals surface area contributed by atoms with Crippen molar-refractivity contribution in [3.63, 3.8) is 0 Å². The van der Waals surface area contributed by atoms with Crippen LogP contribution in [0, 0.1) is 19.8 Å². The van der Waals surface area contributed by atoms with Crippen molar-refractivity contribution in [1.82, 2.24) is 20.2 Å². The quantitative estimate of drug-likeness (QED) is 0.831. The third kappa shape index (κ3) is 5.00. The van der Waals surface area contributed by atoms with Crippen LogP contribution in [-0.4, -0.2) is 34.6 Å². The zero-order valence-electron chi connectivity index (χ0n) is 15.5. The highest BCUT2D eigenvalue weighted by molar-refractivity contribution is 5.96. The molecule has 3 rings (SSSR count). The standard InChI is InChI=1S/C19H26N4O.2ClH/c1-13-11-20-9-7-18(13)22-19(24)17-10-14(2)23(15(17)3)12-16-6-4-5-8-21-16;;/h4-6,8,10,13,18,20H,7,9,11-12H2,1-3H3,(H,22,24);2*1H. The van der Waals surface area contributed by atoms with E-state index in [-0.39, 0.29) is 36.8 Å². The number of nitrogens with one attached hydrogen (secondary N) is 2. The number of piperidine rings is 1. The summed E-state index contributed by atoms with van der Waals surface area (Å²) in [5, 5.41) is 6.59. The smallest absolute Gasteiger partial charge is 0.253 e. The second-order valence-corrected chi connectivity index (χ2v) is 6.74. The van der Waals surface area contributed by atoms with E-state index in [0.29, 0.717) is 12.5 Å². The van der Waals surface area contributed by atoms with Crippen LogP contribution < -0.4 is 10.6 Å². The third-order valence-electron chi connectivity index (χ3n) is 4.97. The summed E-state index contributed by atoms with van der Waals surface area (Å²) in [5.41, 5.74) is 3.85. The number of nitrogens with zero attached hydrogens (tertiary/aromatic N) is 2. The fourth-order valence-corrected chi connectivity index (χ4v) is 3.40. The number of hydrogen-bond donors (Lipinski definition) is 2. The van der Waals surface area contributed by atoms with Crippen molar-refractivity contribution >= 4 is 30.7 Å². The van der Waals surface area contributed by atoms with Crippen LogP contribution in [0.25, 0.3) is 0 Å². The fraction of sp³-hybridized carbons (Fsp3) is 0.474. The Balaban J connectivity index is 0.00000169. The van der Waals surface area contributed by atoms with E-state index < -0.39 is 0 Å². The topological polar surface area (TPSA) is 59.0 Å². The molecule has 1 fully saturated rings. The lowest BCUT2D eigenvalue weighted by Gasteiger charge is -2.30. The molecule has 0 spiro atoms. The van der Waals surface area contributed by atoms with Gasteiger partial charge in [0.25, 0.3) is 5.91 Å². The van der Waals surface area contributed by atoms with E-state index in [1.54, 1.807) is 6.20 Å². The van der Waals surface area contributed by atoms with Crippen LogP contribution in [0.5, 0.6) is 0 Å². The van der Waals surface area contributed by atoms with Gasteiger partial charge in [-0.3, -0.25) is 9.78 Å². The first-order valence-electron chi connectivity index (χ1n) is 8.64. The van der Waals surface area contributed by atoms with Crippen molar-refractivity contribution in [2.24, 2.45) is 5.92 Å². The summed E-state index contributed by atoms with van der Waals surface area (Å²) < 4.78 is 2.16. The molecule has 2 aromatic rings. The van der Waals surface area contributed by atoms with Gasteiger partial charge < -0.3 is 15.2 Å². The maximum Gasteiger partial charge on any atom is 0.253 e. The number of rotatable bonds is 4. The summed E-state index contributed by atoms with van der Waals surface area (Å²) in [6.07, 6.45) is 2.79. The molecular formula is C19H28Cl2N4O. The molecule has 2 unspecified atom stereocenters. The van der Waals surface area contributed by atoms with E-state index in [2.05, 4.69) is 27.1 Å². The summed E-state index contributed by atoms with van der Waals surface area (Å²) >= 11 is 0. The summed E-state index contributed by atoms with van der Waals surface area (Å²) in [6, 6.07) is 8.15. The number of pyridine rings is 1. The molecule has 2 atom stereocenters. The van der Waals surface area contributed by atoms with Crippen molar-refractivity contribution < 1.29 is 4.79 Å². The van der Waals surface area contributed by atoms with Gasteiger partial charge in [-0.2, -0.15) is 0 Å². The first-order valence-corrected chi connectivity index (χ1v) is 8.64. The molecule has 1 aliphatic rings. The summed E-state index contributed by atoms with van der Waals surface area (Å²) in [5.74, 6) is 0.494. The molecule has 2 aromatic heterocycles. The van der Waals surface area contributed by atoms with Crippen LogP contribution >= 0.6 is 24.8 Å². The minimum absolute atomic E-state index is 0. The third-order valence-corrected chi connectivity index (χ3v) is 4.97. The van der Waals surface area contributed by atoms with E-state index in [0.717, 1.165) is 42.2 Å². The first-order chi connectivity index (χ1) is 11.6. The minimum atomic E-state index is 0. The molecule has 3 heterocycles. The van der Waals surface area contributed by atoms with E-state index in [4.69, 9.17) is 0 Å². The van der Waals surface area contributed by atoms with E-state index >= 15 is 0 Å². The van der Waals surface area contributed by atoms with Gasteiger partial charge in [-0.15, -0.1) is 24.8 Å². The Bertz CT molecular complexity index is 718. The van der Waals surface area contributed by atoms with Crippen molar-refractivity contribution in [1.29, 1.82) is 0 Å². The van der Waals surface area contributed by atoms with E-state index in [9.17, 15) is 4.79 Å². The van der Waals surface area contributed by atoms with Gasteiger partial charge >= 0.3 is 0 Å². The van der Waals surface area contributed by atoms with Crippen LogP contribution in [0.15, 0.2) is 30.5 Å². The van der Waals surface area contributed by atoms with Crippen LogP contribution in [0.2, 0.25) is 0 Å². The summed E-state index contributed by atoms with van der Waals surface area (Å²) in [6.45, 7) is 8.85. The Morgan fingerprint density at radius 1 is 1.35 bits per heavy atom. The van der Waals surface area contributed by atoms with Gasteiger partial charge in [0.05, 0.1) is 17.8 Å². The van der Waals surface area contributed by atoms with Crippen molar-refractivity contribution in [3.05, 3.63) is 53.1 Å². The SMILES string of the molecule is Cc1cc(C(=O)NC2CCNCC2C)c(C)n1Cc1ccccn1.Cl.Cl. The van der Waals surface area contributed by atoms with Gasteiger partial charge in [-0.1, -0.05) is 13.0 Å². The van der Waals surface area contributed by atoms with Crippen LogP contribution in [0.1, 0.15) is 40.8 Å². The number of carbonyl (C=O) groups is 1. The van der Waals surface area contributed by atoms with Crippen LogP contribution in [0.4, 0.5) is 0 Å². The van der Waals surface area contributed by atoms with Gasteiger partial charge in [-0.05, 0) is 57.5 Å². The molecule has 1 saturated heterocycles. The molecule has 0 saturated carbocycles. The molecule has 144 valence electrons. The lowest BCUT2D eigenvalue weighted by Crippen LogP contribution is -2.48. The van der Waals surface area contributed by atoms with Crippen molar-refractivity contribution in [3.8, 4) is 0 Å². The lowest BCUT2D eigenvalue weighted by atomic mass is 9.95. The zero-order chi connectivity index (χ0) is 17.1. The Labute approximate surface area is 167 Å². The number of aryl methyl sites for hydroxylation is 1. The van der Waals surface area contributed by atoms with Gasteiger partial charge in [-0.25, -0.2) is 0 Å². The highest BCUT2D eigenvalue weighted by Gasteiger charge is 2.24. The molecular weight excluding hydrogens is 371 g/mol. The van der Waals surface area contributed by atoms with Crippen molar-refractivity contribution in [2.45, 2.75) is 39.8 Å². The maximum absolute atomic E-state index is 12.7. The predicted octanol–water partition coefficient (Wildman–Crippen LogP) is 3.12. The first kappa shape index (κ1) is 22.5. The number of carbonyl (C=O) groups excluding carboxylic acids is 1. The Kier molecular flexibility index (Phi) is 8.60. The number of halogens is 2. The molecule has 1 amide bonds. The second-order valence-electron chi connectivity index (χ2n) is 6.74. The maximum atomic E-state index is 12.7. The Morgan fingerprint density at radius 2 is 2.12 bits per heavy atom. The van der Waals surface area contributed by atoms with Gasteiger partial charge in [0.15, 0.2) is 0 Å². The number of amides is 1. The monoisotopic (exact) mass is 398 g/mol. The van der Waals surface area contributed by atoms with Gasteiger partial charge in [0.1, 0.15) is 0 Å². The van der Waals surface area contributed by atoms with Crippen LogP contribution in [-0.2, 0) is 6.54 Å². The molecule has 2 N–H and O–H groups in total. The highest BCUT2D eigenvalue weighted by atomic mass is 35.5. The molecule has 7 heteroatoms. The number of hydrogen-bond acceptors (Lipinski definition) is 3. The normalized spacial score (nSPS) is 19.2. The second kappa shape index (κ2) is 9.95. The predicted molar refractivity (Wildman–Crippen MR) is 110 cm³/mol. The van der Waals surface area contributed by atoms with Gasteiger partial charge in [0.2, 0.25) is 0 Å². The minimum Gasteiger partial charge on any atom is -0.349 e. The molecule has 0 aromatic carbocycles. The zero-order valence-corrected chi connectivity index (χ0v) is 17.1. The Morgan fingerprint density at radius 3 is 2.77 bits per heavy atom. The molecule has 1 aliphatic heterocycles. The average Bonchev–Trinajstić information content (AvgIpc) is 2.86. The molecule has 0 radical (unpaired) electrons. The largest absolute Gasteiger partial charge is 0.349 e. The van der Waals surface area contributed by atoms with Gasteiger partial charge in [0, 0.05) is 23.6 Å². The average molecular weight is 399 g/mol. The van der Waals surface area contributed by atoms with E-state index in [1.807, 2.05) is 38.1 Å². The Hall–Kier alpha value is -1.56. The molecule has 0 aliphatic carbocycles. The van der Waals surface area contributed by atoms with Crippen molar-refractivity contribution in [2.75, 3.05) is 13.1 Å². The lowest BCUT2D eigenvalue weighted by molar-refractivity contribution is 0.0913. The molecule has 5 nitrogen and oxygen atoms in total. The fourth-order valence-electron chi connectivity index (χ4n) is 3.40. The van der Waals surface area contributed by atoms with E-state index in [1.165, 1.54) is 0 Å². The molecule has 26 heavy (non-hydrogen) atoms. The molecule has 0 bridgehead atoms. The number of aromatic nitrogens is 2. The highest BCUT2D eigenvalue weighted by Crippen LogP contribution is 2.18. The van der Waals surface area contributed by atoms with Crippen LogP contribution in [0.3, 0.4) is 0 Å².